The minimum atomic E-state index is -0.954. The first kappa shape index (κ1) is 23.3. The van der Waals surface area contributed by atoms with Gasteiger partial charge in [0.2, 0.25) is 14.9 Å². The van der Waals surface area contributed by atoms with Gasteiger partial charge in [-0.05, 0) is 62.2 Å². The van der Waals surface area contributed by atoms with Gasteiger partial charge >= 0.3 is 0 Å². The molecule has 6 nitrogen and oxygen atoms in total. The second-order valence-corrected chi connectivity index (χ2v) is 11.8. The van der Waals surface area contributed by atoms with Gasteiger partial charge in [-0.3, -0.25) is 0 Å². The average molecular weight is 440 g/mol. The summed E-state index contributed by atoms with van der Waals surface area (Å²) in [6.45, 7) is 14.7. The summed E-state index contributed by atoms with van der Waals surface area (Å²) >= 11 is 0. The summed E-state index contributed by atoms with van der Waals surface area (Å²) in [5, 5.41) is 20.5. The summed E-state index contributed by atoms with van der Waals surface area (Å²) in [6, 6.07) is 9.28. The van der Waals surface area contributed by atoms with Crippen LogP contribution >= 0.6 is 0 Å². The molecule has 2 atom stereocenters. The van der Waals surface area contributed by atoms with Crippen LogP contribution in [0.3, 0.4) is 0 Å². The first-order valence-corrected chi connectivity index (χ1v) is 12.8. The molecular weight excluding hydrogens is 408 g/mol. The minimum absolute atomic E-state index is 0.250. The van der Waals surface area contributed by atoms with Crippen LogP contribution in [0.25, 0.3) is 0 Å². The van der Waals surface area contributed by atoms with E-state index in [4.69, 9.17) is 13.9 Å². The van der Waals surface area contributed by atoms with Crippen molar-refractivity contribution < 1.29 is 19.0 Å². The van der Waals surface area contributed by atoms with Gasteiger partial charge in [-0.2, -0.15) is 5.26 Å². The molecule has 0 saturated carbocycles. The second-order valence-electron chi connectivity index (χ2n) is 9.65. The number of pyridine rings is 1. The fourth-order valence-corrected chi connectivity index (χ4v) is 4.22. The molecule has 2 aromatic rings. The van der Waals surface area contributed by atoms with Crippen LogP contribution in [0.2, 0.25) is 13.1 Å². The van der Waals surface area contributed by atoms with E-state index in [1.165, 1.54) is 0 Å². The fourth-order valence-electron chi connectivity index (χ4n) is 3.77. The summed E-state index contributed by atoms with van der Waals surface area (Å²) in [5.41, 5.74) is 1.98. The Balaban J connectivity index is 2.09. The van der Waals surface area contributed by atoms with Crippen LogP contribution in [0.15, 0.2) is 30.5 Å². The molecule has 165 valence electrons. The molecule has 1 aliphatic rings. The van der Waals surface area contributed by atoms with Crippen LogP contribution < -0.4 is 9.47 Å². The van der Waals surface area contributed by atoms with Crippen LogP contribution in [-0.2, 0) is 16.4 Å². The Bertz CT molecular complexity index is 992. The highest BCUT2D eigenvalue weighted by Gasteiger charge is 2.45. The molecule has 2 heterocycles. The normalized spacial score (nSPS) is 20.0. The molecule has 0 spiro atoms. The van der Waals surface area contributed by atoms with Gasteiger partial charge in [-0.1, -0.05) is 20.8 Å². The molecule has 0 amide bonds. The zero-order chi connectivity index (χ0) is 23.0. The summed E-state index contributed by atoms with van der Waals surface area (Å²) in [5.74, 6) is 1.06. The Morgan fingerprint density at radius 2 is 1.97 bits per heavy atom. The van der Waals surface area contributed by atoms with Crippen molar-refractivity contribution in [3.63, 3.8) is 0 Å². The van der Waals surface area contributed by atoms with Gasteiger partial charge in [0.05, 0.1) is 18.2 Å². The summed E-state index contributed by atoms with van der Waals surface area (Å²) < 4.78 is 18.4. The van der Waals surface area contributed by atoms with Crippen molar-refractivity contribution in [2.75, 3.05) is 0 Å². The van der Waals surface area contributed by atoms with Crippen molar-refractivity contribution in [2.24, 2.45) is 0 Å². The van der Waals surface area contributed by atoms with Gasteiger partial charge in [0, 0.05) is 17.3 Å². The molecule has 1 N–H and O–H groups in total. The van der Waals surface area contributed by atoms with Crippen LogP contribution in [0.5, 0.6) is 11.6 Å². The average Bonchev–Trinajstić information content (AvgIpc) is 2.68. The number of benzene rings is 1. The molecule has 1 aromatic carbocycles. The van der Waals surface area contributed by atoms with Gasteiger partial charge in [0.1, 0.15) is 17.5 Å². The Morgan fingerprint density at radius 1 is 1.26 bits per heavy atom. The molecule has 0 fully saturated rings. The van der Waals surface area contributed by atoms with Crippen molar-refractivity contribution in [1.82, 2.24) is 4.98 Å². The molecule has 1 radical (unpaired) electrons. The number of hydrogen-bond acceptors (Lipinski definition) is 6. The molecule has 1 aliphatic heterocycles. The van der Waals surface area contributed by atoms with Gasteiger partial charge < -0.3 is 19.0 Å². The van der Waals surface area contributed by atoms with Crippen molar-refractivity contribution >= 4 is 9.04 Å². The lowest BCUT2D eigenvalue weighted by molar-refractivity contribution is -0.104. The van der Waals surface area contributed by atoms with E-state index in [9.17, 15) is 10.4 Å². The van der Waals surface area contributed by atoms with E-state index in [2.05, 4.69) is 44.9 Å². The second kappa shape index (κ2) is 8.62. The fraction of sp³-hybridized carbons (Fsp3) is 0.500. The van der Waals surface area contributed by atoms with Gasteiger partial charge in [0.25, 0.3) is 0 Å². The number of aliphatic hydroxyl groups is 1. The standard InChI is InChI=1S/C24H31N2O4Si/c1-23(2,3)19-16(14-28-31(6)7)10-11-26-22(19)29-20-17-12-15(13-25)8-9-18(17)30-24(4,5)21(20)27/h8-12,20-21,27H,14H2,1-7H3/t20-,21+/m1/s1. The van der Waals surface area contributed by atoms with E-state index in [1.807, 2.05) is 19.9 Å². The molecule has 0 bridgehead atoms. The highest BCUT2D eigenvalue weighted by atomic mass is 28.3. The van der Waals surface area contributed by atoms with Crippen LogP contribution in [0.1, 0.15) is 63.0 Å². The summed E-state index contributed by atoms with van der Waals surface area (Å²) in [4.78, 5) is 4.54. The van der Waals surface area contributed by atoms with Crippen LogP contribution in [-0.4, -0.2) is 30.8 Å². The lowest BCUT2D eigenvalue weighted by Gasteiger charge is -2.42. The molecule has 0 unspecified atom stereocenters. The third-order valence-corrected chi connectivity index (χ3v) is 6.05. The van der Waals surface area contributed by atoms with E-state index in [-0.39, 0.29) is 5.41 Å². The van der Waals surface area contributed by atoms with Gasteiger partial charge in [-0.25, -0.2) is 4.98 Å². The molecule has 7 heteroatoms. The summed E-state index contributed by atoms with van der Waals surface area (Å²) in [6.07, 6.45) is 0.0307. The largest absolute Gasteiger partial charge is 0.485 e. The van der Waals surface area contributed by atoms with E-state index >= 15 is 0 Å². The van der Waals surface area contributed by atoms with E-state index in [0.29, 0.717) is 29.4 Å². The molecule has 31 heavy (non-hydrogen) atoms. The number of ether oxygens (including phenoxy) is 2. The summed E-state index contributed by atoms with van der Waals surface area (Å²) in [7, 11) is -0.852. The number of nitriles is 1. The maximum absolute atomic E-state index is 11.1. The molecule has 0 saturated heterocycles. The van der Waals surface area contributed by atoms with Crippen molar-refractivity contribution in [3.05, 3.63) is 52.7 Å². The number of aliphatic hydroxyl groups excluding tert-OH is 1. The molecule has 3 rings (SSSR count). The smallest absolute Gasteiger partial charge is 0.218 e. The molecular formula is C24H31N2O4Si. The Morgan fingerprint density at radius 3 is 2.58 bits per heavy atom. The lowest BCUT2D eigenvalue weighted by Crippen LogP contribution is -2.50. The lowest BCUT2D eigenvalue weighted by atomic mass is 9.84. The number of nitrogens with zero attached hydrogens (tertiary/aromatic N) is 2. The van der Waals surface area contributed by atoms with Crippen molar-refractivity contribution in [1.29, 1.82) is 5.26 Å². The zero-order valence-corrected chi connectivity index (χ0v) is 20.3. The topological polar surface area (TPSA) is 84.6 Å². The predicted octanol–water partition coefficient (Wildman–Crippen LogP) is 4.67. The minimum Gasteiger partial charge on any atom is -0.485 e. The highest BCUT2D eigenvalue weighted by Crippen LogP contribution is 2.44. The maximum Gasteiger partial charge on any atom is 0.218 e. The number of hydrogen-bond donors (Lipinski definition) is 1. The Kier molecular flexibility index (Phi) is 6.47. The SMILES string of the molecule is C[Si](C)OCc1ccnc(O[C@@H]2c3cc(C#N)ccc3OC(C)(C)[C@H]2O)c1C(C)(C)C. The van der Waals surface area contributed by atoms with E-state index in [1.54, 1.807) is 24.4 Å². The van der Waals surface area contributed by atoms with E-state index in [0.717, 1.165) is 11.1 Å². The Hall–Kier alpha value is -2.40. The predicted molar refractivity (Wildman–Crippen MR) is 120 cm³/mol. The van der Waals surface area contributed by atoms with E-state index < -0.39 is 26.8 Å². The zero-order valence-electron chi connectivity index (χ0n) is 19.3. The van der Waals surface area contributed by atoms with Gasteiger partial charge in [0.15, 0.2) is 6.10 Å². The number of aromatic nitrogens is 1. The highest BCUT2D eigenvalue weighted by molar-refractivity contribution is 6.48. The molecule has 1 aromatic heterocycles. The first-order valence-electron chi connectivity index (χ1n) is 10.4. The third-order valence-electron chi connectivity index (χ3n) is 5.32. The van der Waals surface area contributed by atoms with Crippen LogP contribution in [0, 0.1) is 11.3 Å². The third kappa shape index (κ3) is 4.92. The maximum atomic E-state index is 11.1. The van der Waals surface area contributed by atoms with Gasteiger partial charge in [-0.15, -0.1) is 0 Å². The quantitative estimate of drug-likeness (QED) is 0.682. The monoisotopic (exact) mass is 439 g/mol. The van der Waals surface area contributed by atoms with Crippen molar-refractivity contribution in [3.8, 4) is 17.7 Å². The number of rotatable bonds is 5. The first-order chi connectivity index (χ1) is 14.4. The number of fused-ring (bicyclic) bond motifs is 1. The van der Waals surface area contributed by atoms with Crippen molar-refractivity contribution in [2.45, 2.75) is 77.5 Å². The Labute approximate surface area is 186 Å². The molecule has 0 aliphatic carbocycles. The van der Waals surface area contributed by atoms with Crippen LogP contribution in [0.4, 0.5) is 0 Å².